The molecule has 0 aliphatic carbocycles. The fourth-order valence-corrected chi connectivity index (χ4v) is 5.47. The van der Waals surface area contributed by atoms with Gasteiger partial charge in [-0.05, 0) is 42.7 Å². The predicted octanol–water partition coefficient (Wildman–Crippen LogP) is 1.95. The summed E-state index contributed by atoms with van der Waals surface area (Å²) in [4.78, 5) is 38.4. The number of halogens is 1. The van der Waals surface area contributed by atoms with Crippen LogP contribution in [0.5, 0.6) is 0 Å². The van der Waals surface area contributed by atoms with Crippen LogP contribution in [0.15, 0.2) is 59.5 Å². The molecule has 11 heteroatoms. The van der Waals surface area contributed by atoms with Crippen molar-refractivity contribution in [1.82, 2.24) is 20.3 Å². The van der Waals surface area contributed by atoms with Gasteiger partial charge in [-0.25, -0.2) is 17.9 Å². The normalized spacial score (nSPS) is 18.6. The summed E-state index contributed by atoms with van der Waals surface area (Å²) in [5, 5.41) is 5.39. The number of piperidine rings is 1. The smallest absolute Gasteiger partial charge is 0.322 e. The Hall–Kier alpha value is -2.95. The molecule has 2 aliphatic rings. The number of benzene rings is 2. The van der Waals surface area contributed by atoms with Gasteiger partial charge in [0.25, 0.3) is 5.91 Å². The number of carbonyl (C=O) groups is 3. The van der Waals surface area contributed by atoms with Crippen molar-refractivity contribution in [3.05, 3.63) is 65.2 Å². The molecule has 2 aromatic carbocycles. The van der Waals surface area contributed by atoms with Crippen molar-refractivity contribution in [2.24, 2.45) is 0 Å². The molecule has 3 N–H and O–H groups in total. The van der Waals surface area contributed by atoms with Crippen LogP contribution in [0.25, 0.3) is 0 Å². The van der Waals surface area contributed by atoms with E-state index in [1.54, 1.807) is 47.4 Å². The van der Waals surface area contributed by atoms with Crippen LogP contribution in [0.1, 0.15) is 30.9 Å². The van der Waals surface area contributed by atoms with Crippen LogP contribution in [0.3, 0.4) is 0 Å². The Morgan fingerprint density at radius 3 is 2.27 bits per heavy atom. The van der Waals surface area contributed by atoms with E-state index in [2.05, 4.69) is 15.4 Å². The molecule has 2 aliphatic heterocycles. The summed E-state index contributed by atoms with van der Waals surface area (Å²) in [5.41, 5.74) is -0.388. The van der Waals surface area contributed by atoms with E-state index in [9.17, 15) is 22.8 Å². The van der Waals surface area contributed by atoms with Gasteiger partial charge in [0, 0.05) is 24.5 Å². The van der Waals surface area contributed by atoms with Crippen molar-refractivity contribution in [3.63, 3.8) is 0 Å². The van der Waals surface area contributed by atoms with Crippen LogP contribution in [-0.2, 0) is 19.6 Å². The van der Waals surface area contributed by atoms with Gasteiger partial charge in [-0.1, -0.05) is 41.9 Å². The maximum atomic E-state index is 13.1. The van der Waals surface area contributed by atoms with Gasteiger partial charge in [0.05, 0.1) is 10.9 Å². The van der Waals surface area contributed by atoms with Crippen LogP contribution >= 0.6 is 11.6 Å². The third kappa shape index (κ3) is 5.02. The first kappa shape index (κ1) is 23.2. The molecule has 9 nitrogen and oxygen atoms in total. The molecule has 2 heterocycles. The number of sulfonamides is 1. The highest BCUT2D eigenvalue weighted by Gasteiger charge is 2.48. The van der Waals surface area contributed by atoms with Gasteiger partial charge in [-0.15, -0.1) is 0 Å². The summed E-state index contributed by atoms with van der Waals surface area (Å²) in [6, 6.07) is 13.2. The molecule has 0 saturated carbocycles. The molecule has 4 rings (SSSR count). The van der Waals surface area contributed by atoms with Crippen LogP contribution in [-0.4, -0.2) is 49.8 Å². The molecule has 1 atom stereocenters. The second-order valence-corrected chi connectivity index (χ2v) is 10.3. The minimum Gasteiger partial charge on any atom is -0.342 e. The molecule has 0 bridgehead atoms. The largest absolute Gasteiger partial charge is 0.342 e. The van der Waals surface area contributed by atoms with Crippen LogP contribution in [0, 0.1) is 0 Å². The van der Waals surface area contributed by atoms with Gasteiger partial charge in [-0.2, -0.15) is 0 Å². The second kappa shape index (κ2) is 9.12. The highest BCUT2D eigenvalue weighted by molar-refractivity contribution is 7.89. The number of hydrogen-bond donors (Lipinski definition) is 3. The zero-order valence-electron chi connectivity index (χ0n) is 17.6. The molecule has 0 aromatic heterocycles. The SMILES string of the molecule is O=C1NC(=O)C2(CCN(C(=O)C[C@H](NS(=O)(=O)c3ccccc3)c3ccc(Cl)cc3)CC2)N1. The fraction of sp³-hybridized carbons (Fsp3) is 0.318. The highest BCUT2D eigenvalue weighted by Crippen LogP contribution is 2.28. The topological polar surface area (TPSA) is 125 Å². The Morgan fingerprint density at radius 2 is 1.70 bits per heavy atom. The van der Waals surface area contributed by atoms with E-state index in [1.165, 1.54) is 12.1 Å². The van der Waals surface area contributed by atoms with Crippen molar-refractivity contribution in [2.75, 3.05) is 13.1 Å². The number of nitrogens with zero attached hydrogens (tertiary/aromatic N) is 1. The number of nitrogens with one attached hydrogen (secondary N) is 3. The molecule has 2 fully saturated rings. The van der Waals surface area contributed by atoms with Crippen molar-refractivity contribution in [2.45, 2.75) is 35.7 Å². The number of rotatable bonds is 6. The number of imide groups is 1. The summed E-state index contributed by atoms with van der Waals surface area (Å²) < 4.78 is 28.5. The lowest BCUT2D eigenvalue weighted by atomic mass is 9.87. The van der Waals surface area contributed by atoms with Crippen molar-refractivity contribution < 1.29 is 22.8 Å². The minimum atomic E-state index is -3.88. The van der Waals surface area contributed by atoms with E-state index >= 15 is 0 Å². The first-order valence-electron chi connectivity index (χ1n) is 10.4. The quantitative estimate of drug-likeness (QED) is 0.534. The summed E-state index contributed by atoms with van der Waals surface area (Å²) in [6.07, 6.45) is 0.467. The third-order valence-electron chi connectivity index (χ3n) is 5.99. The van der Waals surface area contributed by atoms with E-state index in [0.29, 0.717) is 10.6 Å². The number of hydrogen-bond acceptors (Lipinski definition) is 5. The molecule has 1 spiro atoms. The Bertz CT molecular complexity index is 1160. The Kier molecular flexibility index (Phi) is 6.42. The van der Waals surface area contributed by atoms with Gasteiger partial charge in [-0.3, -0.25) is 14.9 Å². The standard InChI is InChI=1S/C22H23ClN4O5S/c23-16-8-6-15(7-9-16)18(26-33(31,32)17-4-2-1-3-5-17)14-19(28)27-12-10-22(11-13-27)20(29)24-21(30)25-22/h1-9,18,26H,10-14H2,(H2,24,25,29,30)/t18-/m0/s1. The molecule has 0 radical (unpaired) electrons. The van der Waals surface area contributed by atoms with Gasteiger partial charge >= 0.3 is 6.03 Å². The number of amides is 4. The van der Waals surface area contributed by atoms with Crippen molar-refractivity contribution in [3.8, 4) is 0 Å². The van der Waals surface area contributed by atoms with E-state index in [4.69, 9.17) is 11.6 Å². The summed E-state index contributed by atoms with van der Waals surface area (Å²) in [6.45, 7) is 0.538. The maximum Gasteiger partial charge on any atom is 0.322 e. The monoisotopic (exact) mass is 490 g/mol. The maximum absolute atomic E-state index is 13.1. The summed E-state index contributed by atoms with van der Waals surface area (Å²) >= 11 is 5.98. The molecule has 4 amide bonds. The van der Waals surface area contributed by atoms with E-state index in [0.717, 1.165) is 0 Å². The number of urea groups is 1. The van der Waals surface area contributed by atoms with Crippen LogP contribution < -0.4 is 15.4 Å². The van der Waals surface area contributed by atoms with Crippen LogP contribution in [0.4, 0.5) is 4.79 Å². The molecular weight excluding hydrogens is 468 g/mol. The number of carbonyl (C=O) groups excluding carboxylic acids is 3. The average Bonchev–Trinajstić information content (AvgIpc) is 3.07. The Morgan fingerprint density at radius 1 is 1.06 bits per heavy atom. The second-order valence-electron chi connectivity index (χ2n) is 8.11. The van der Waals surface area contributed by atoms with Gasteiger partial charge in [0.2, 0.25) is 15.9 Å². The summed E-state index contributed by atoms with van der Waals surface area (Å²) in [5.74, 6) is -0.639. The van der Waals surface area contributed by atoms with Gasteiger partial charge in [0.1, 0.15) is 5.54 Å². The Balaban J connectivity index is 1.50. The lowest BCUT2D eigenvalue weighted by Gasteiger charge is -2.37. The molecule has 2 saturated heterocycles. The Labute approximate surface area is 196 Å². The molecular formula is C22H23ClN4O5S. The molecule has 33 heavy (non-hydrogen) atoms. The first-order valence-corrected chi connectivity index (χ1v) is 12.3. The van der Waals surface area contributed by atoms with Crippen molar-refractivity contribution >= 4 is 39.5 Å². The third-order valence-corrected chi connectivity index (χ3v) is 7.73. The average molecular weight is 491 g/mol. The van der Waals surface area contributed by atoms with Gasteiger partial charge in [0.15, 0.2) is 0 Å². The molecule has 2 aromatic rings. The predicted molar refractivity (Wildman–Crippen MR) is 121 cm³/mol. The van der Waals surface area contributed by atoms with Crippen molar-refractivity contribution in [1.29, 1.82) is 0 Å². The minimum absolute atomic E-state index is 0.0966. The van der Waals surface area contributed by atoms with E-state index in [-0.39, 0.29) is 49.1 Å². The first-order chi connectivity index (χ1) is 15.7. The molecule has 0 unspecified atom stereocenters. The van der Waals surface area contributed by atoms with Gasteiger partial charge < -0.3 is 10.2 Å². The fourth-order valence-electron chi connectivity index (χ4n) is 4.10. The zero-order valence-corrected chi connectivity index (χ0v) is 19.2. The lowest BCUT2D eigenvalue weighted by molar-refractivity contribution is -0.136. The van der Waals surface area contributed by atoms with E-state index in [1.807, 2.05) is 0 Å². The van der Waals surface area contributed by atoms with Crippen LogP contribution in [0.2, 0.25) is 5.02 Å². The highest BCUT2D eigenvalue weighted by atomic mass is 35.5. The molecule has 174 valence electrons. The van der Waals surface area contributed by atoms with E-state index < -0.39 is 27.6 Å². The lowest BCUT2D eigenvalue weighted by Crippen LogP contribution is -2.56. The number of likely N-dealkylation sites (tertiary alicyclic amines) is 1. The zero-order chi connectivity index (χ0) is 23.6. The summed E-state index contributed by atoms with van der Waals surface area (Å²) in [7, 11) is -3.88.